The number of rotatable bonds is 3. The monoisotopic (exact) mass is 188 g/mol. The topological polar surface area (TPSA) is 70.0 Å². The number of phenolic OH excluding ortho intramolecular Hbond substituents is 1. The minimum atomic E-state index is -0.283. The average Bonchev–Trinajstić information content (AvgIpc) is 2.18. The summed E-state index contributed by atoms with van der Waals surface area (Å²) in [5, 5.41) is 18.1. The Kier molecular flexibility index (Phi) is 3.27. The van der Waals surface area contributed by atoms with Gasteiger partial charge in [0.25, 0.3) is 0 Å². The number of benzene rings is 1. The molecule has 0 aliphatic heterocycles. The molecule has 0 heterocycles. The van der Waals surface area contributed by atoms with E-state index in [1.807, 2.05) is 6.07 Å². The first-order valence-electron chi connectivity index (χ1n) is 4.28. The van der Waals surface area contributed by atoms with E-state index in [1.54, 1.807) is 12.1 Å². The predicted octanol–water partition coefficient (Wildman–Crippen LogP) is 1.84. The van der Waals surface area contributed by atoms with Crippen LogP contribution in [0, 0.1) is 11.3 Å². The highest BCUT2D eigenvalue weighted by Gasteiger charge is 2.10. The number of hydrogen-bond acceptors (Lipinski definition) is 3. The third kappa shape index (κ3) is 2.12. The van der Waals surface area contributed by atoms with Crippen molar-refractivity contribution in [3.63, 3.8) is 0 Å². The highest BCUT2D eigenvalue weighted by molar-refractivity contribution is 5.43. The molecule has 0 aliphatic carbocycles. The predicted molar refractivity (Wildman–Crippen MR) is 54.6 cm³/mol. The first kappa shape index (κ1) is 10.3. The van der Waals surface area contributed by atoms with Crippen LogP contribution in [-0.4, -0.2) is 5.11 Å². The van der Waals surface area contributed by atoms with Gasteiger partial charge in [-0.1, -0.05) is 6.08 Å². The van der Waals surface area contributed by atoms with Crippen LogP contribution < -0.4 is 5.73 Å². The van der Waals surface area contributed by atoms with Gasteiger partial charge in [0.1, 0.15) is 5.75 Å². The lowest BCUT2D eigenvalue weighted by Gasteiger charge is -2.11. The van der Waals surface area contributed by atoms with E-state index in [-0.39, 0.29) is 11.8 Å². The van der Waals surface area contributed by atoms with Crippen molar-refractivity contribution in [1.82, 2.24) is 0 Å². The molecule has 1 rings (SSSR count). The lowest BCUT2D eigenvalue weighted by molar-refractivity contribution is 0.473. The van der Waals surface area contributed by atoms with Crippen molar-refractivity contribution in [2.45, 2.75) is 12.5 Å². The van der Waals surface area contributed by atoms with Gasteiger partial charge in [0, 0.05) is 6.04 Å². The number of hydrogen-bond donors (Lipinski definition) is 2. The summed E-state index contributed by atoms with van der Waals surface area (Å²) >= 11 is 0. The normalized spacial score (nSPS) is 11.7. The molecular weight excluding hydrogens is 176 g/mol. The molecule has 0 aromatic heterocycles. The van der Waals surface area contributed by atoms with Crippen LogP contribution in [0.5, 0.6) is 5.75 Å². The maximum Gasteiger partial charge on any atom is 0.116 e. The van der Waals surface area contributed by atoms with E-state index in [0.717, 1.165) is 0 Å². The van der Waals surface area contributed by atoms with Gasteiger partial charge in [0.05, 0.1) is 11.6 Å². The Morgan fingerprint density at radius 2 is 2.36 bits per heavy atom. The molecule has 0 unspecified atom stereocenters. The van der Waals surface area contributed by atoms with Gasteiger partial charge in [-0.2, -0.15) is 5.26 Å². The van der Waals surface area contributed by atoms with Crippen molar-refractivity contribution in [3.8, 4) is 11.8 Å². The van der Waals surface area contributed by atoms with Crippen LogP contribution in [0.25, 0.3) is 0 Å². The Labute approximate surface area is 83.1 Å². The Morgan fingerprint density at radius 3 is 2.93 bits per heavy atom. The zero-order chi connectivity index (χ0) is 10.6. The third-order valence-electron chi connectivity index (χ3n) is 1.98. The number of nitriles is 1. The van der Waals surface area contributed by atoms with Crippen molar-refractivity contribution < 1.29 is 5.11 Å². The third-order valence-corrected chi connectivity index (χ3v) is 1.98. The molecule has 1 aromatic rings. The van der Waals surface area contributed by atoms with E-state index < -0.39 is 0 Å². The average molecular weight is 188 g/mol. The molecule has 1 atom stereocenters. The molecule has 0 radical (unpaired) electrons. The molecule has 14 heavy (non-hydrogen) atoms. The van der Waals surface area contributed by atoms with Crippen molar-refractivity contribution >= 4 is 0 Å². The summed E-state index contributed by atoms with van der Waals surface area (Å²) in [6, 6.07) is 6.31. The maximum absolute atomic E-state index is 9.26. The Morgan fingerprint density at radius 1 is 1.64 bits per heavy atom. The second-order valence-electron chi connectivity index (χ2n) is 3.01. The Bertz CT molecular complexity index is 379. The van der Waals surface area contributed by atoms with Crippen molar-refractivity contribution in [2.24, 2.45) is 5.73 Å². The SMILES string of the molecule is C=CC[C@@H](N)c1cc(O)ccc1C#N. The highest BCUT2D eigenvalue weighted by atomic mass is 16.3. The molecule has 72 valence electrons. The quantitative estimate of drug-likeness (QED) is 0.711. The van der Waals surface area contributed by atoms with Gasteiger partial charge in [-0.15, -0.1) is 6.58 Å². The number of nitrogens with two attached hydrogens (primary N) is 1. The molecule has 0 saturated carbocycles. The smallest absolute Gasteiger partial charge is 0.116 e. The largest absolute Gasteiger partial charge is 0.508 e. The molecule has 0 saturated heterocycles. The molecule has 3 heteroatoms. The van der Waals surface area contributed by atoms with Gasteiger partial charge in [0.15, 0.2) is 0 Å². The van der Waals surface area contributed by atoms with Crippen molar-refractivity contribution in [1.29, 1.82) is 5.26 Å². The van der Waals surface area contributed by atoms with E-state index in [1.165, 1.54) is 12.1 Å². The summed E-state index contributed by atoms with van der Waals surface area (Å²) in [6.45, 7) is 3.58. The molecule has 3 nitrogen and oxygen atoms in total. The molecule has 1 aromatic carbocycles. The molecule has 0 spiro atoms. The number of aromatic hydroxyl groups is 1. The van der Waals surface area contributed by atoms with Gasteiger partial charge in [-0.05, 0) is 30.2 Å². The summed E-state index contributed by atoms with van der Waals surface area (Å²) in [5.41, 5.74) is 6.97. The first-order valence-corrected chi connectivity index (χ1v) is 4.28. The standard InChI is InChI=1S/C11H12N2O/c1-2-3-11(13)10-6-9(14)5-4-8(10)7-12/h2,4-6,11,14H,1,3,13H2/t11-/m1/s1. The summed E-state index contributed by atoms with van der Waals surface area (Å²) in [7, 11) is 0. The van der Waals surface area contributed by atoms with Crippen LogP contribution in [0.4, 0.5) is 0 Å². The molecule has 0 bridgehead atoms. The zero-order valence-corrected chi connectivity index (χ0v) is 7.77. The molecule has 3 N–H and O–H groups in total. The zero-order valence-electron chi connectivity index (χ0n) is 7.77. The van der Waals surface area contributed by atoms with E-state index in [9.17, 15) is 5.11 Å². The van der Waals surface area contributed by atoms with Gasteiger partial charge >= 0.3 is 0 Å². The Balaban J connectivity index is 3.11. The summed E-state index contributed by atoms with van der Waals surface area (Å²) in [6.07, 6.45) is 2.27. The van der Waals surface area contributed by atoms with Crippen LogP contribution >= 0.6 is 0 Å². The molecule has 0 amide bonds. The fraction of sp³-hybridized carbons (Fsp3) is 0.182. The molecular formula is C11H12N2O. The fourth-order valence-corrected chi connectivity index (χ4v) is 1.27. The highest BCUT2D eigenvalue weighted by Crippen LogP contribution is 2.23. The van der Waals surface area contributed by atoms with Gasteiger partial charge in [-0.25, -0.2) is 0 Å². The number of nitrogens with zero attached hydrogens (tertiary/aromatic N) is 1. The number of phenols is 1. The van der Waals surface area contributed by atoms with Crippen LogP contribution in [0.2, 0.25) is 0 Å². The maximum atomic E-state index is 9.26. The minimum absolute atomic E-state index is 0.124. The van der Waals surface area contributed by atoms with Crippen LogP contribution in [-0.2, 0) is 0 Å². The first-order chi connectivity index (χ1) is 6.69. The molecule has 0 fully saturated rings. The summed E-state index contributed by atoms with van der Waals surface area (Å²) in [5.74, 6) is 0.124. The lowest BCUT2D eigenvalue weighted by atomic mass is 9.99. The van der Waals surface area contributed by atoms with Gasteiger partial charge < -0.3 is 10.8 Å². The van der Waals surface area contributed by atoms with Gasteiger partial charge in [-0.3, -0.25) is 0 Å². The Hall–Kier alpha value is -1.79. The lowest BCUT2D eigenvalue weighted by Crippen LogP contribution is -2.10. The van der Waals surface area contributed by atoms with E-state index >= 15 is 0 Å². The van der Waals surface area contributed by atoms with Crippen LogP contribution in [0.3, 0.4) is 0 Å². The minimum Gasteiger partial charge on any atom is -0.508 e. The second kappa shape index (κ2) is 4.45. The van der Waals surface area contributed by atoms with Gasteiger partial charge in [0.2, 0.25) is 0 Å². The van der Waals surface area contributed by atoms with E-state index in [0.29, 0.717) is 17.5 Å². The van der Waals surface area contributed by atoms with E-state index in [2.05, 4.69) is 6.58 Å². The van der Waals surface area contributed by atoms with E-state index in [4.69, 9.17) is 11.0 Å². The molecule has 0 aliphatic rings. The second-order valence-corrected chi connectivity index (χ2v) is 3.01. The van der Waals surface area contributed by atoms with Crippen LogP contribution in [0.15, 0.2) is 30.9 Å². The van der Waals surface area contributed by atoms with Crippen LogP contribution in [0.1, 0.15) is 23.6 Å². The summed E-state index contributed by atoms with van der Waals surface area (Å²) < 4.78 is 0. The van der Waals surface area contributed by atoms with Crippen molar-refractivity contribution in [2.75, 3.05) is 0 Å². The summed E-state index contributed by atoms with van der Waals surface area (Å²) in [4.78, 5) is 0. The fourth-order valence-electron chi connectivity index (χ4n) is 1.27. The van der Waals surface area contributed by atoms with Crippen molar-refractivity contribution in [3.05, 3.63) is 42.0 Å².